The molecule has 0 aliphatic carbocycles. The average Bonchev–Trinajstić information content (AvgIpc) is 2.32. The summed E-state index contributed by atoms with van der Waals surface area (Å²) in [6.45, 7) is 0. The highest BCUT2D eigenvalue weighted by atomic mass is 16.4. The molecule has 90 valence electrons. The van der Waals surface area contributed by atoms with Gasteiger partial charge < -0.3 is 15.7 Å². The predicted octanol–water partition coefficient (Wildman–Crippen LogP) is 0.680. The monoisotopic (exact) mass is 234 g/mol. The minimum absolute atomic E-state index is 0.0767. The van der Waals surface area contributed by atoms with Crippen LogP contribution in [0.3, 0.4) is 0 Å². The van der Waals surface area contributed by atoms with E-state index in [1.807, 2.05) is 0 Å². The molecule has 1 atom stereocenters. The Morgan fingerprint density at radius 2 is 2.18 bits per heavy atom. The molecule has 1 aromatic rings. The molecule has 1 aliphatic heterocycles. The fourth-order valence-electron chi connectivity index (χ4n) is 2.01. The third-order valence-electron chi connectivity index (χ3n) is 3.07. The molecule has 3 N–H and O–H groups in total. The molecule has 0 radical (unpaired) electrons. The van der Waals surface area contributed by atoms with E-state index in [1.165, 1.54) is 0 Å². The molecule has 1 heterocycles. The molecule has 1 aliphatic rings. The number of benzene rings is 1. The summed E-state index contributed by atoms with van der Waals surface area (Å²) < 4.78 is 0. The first kappa shape index (κ1) is 11.6. The summed E-state index contributed by atoms with van der Waals surface area (Å²) >= 11 is 0. The zero-order chi connectivity index (χ0) is 12.6. The Morgan fingerprint density at radius 3 is 2.82 bits per heavy atom. The SMILES string of the molecule is CN1C(=O)CCc2cc(C(N)C(=O)O)ccc21. The van der Waals surface area contributed by atoms with Crippen LogP contribution in [0.5, 0.6) is 0 Å². The Morgan fingerprint density at radius 1 is 1.47 bits per heavy atom. The fraction of sp³-hybridized carbons (Fsp3) is 0.333. The van der Waals surface area contributed by atoms with Crippen molar-refractivity contribution in [3.8, 4) is 0 Å². The number of carbonyl (C=O) groups is 2. The van der Waals surface area contributed by atoms with Crippen LogP contribution in [0.15, 0.2) is 18.2 Å². The highest BCUT2D eigenvalue weighted by Gasteiger charge is 2.22. The molecule has 0 saturated carbocycles. The van der Waals surface area contributed by atoms with Gasteiger partial charge in [-0.2, -0.15) is 0 Å². The number of nitrogens with two attached hydrogens (primary N) is 1. The van der Waals surface area contributed by atoms with Gasteiger partial charge in [0, 0.05) is 19.2 Å². The van der Waals surface area contributed by atoms with Gasteiger partial charge in [0.25, 0.3) is 0 Å². The number of hydrogen-bond acceptors (Lipinski definition) is 3. The Hall–Kier alpha value is -1.88. The second-order valence-electron chi connectivity index (χ2n) is 4.16. The fourth-order valence-corrected chi connectivity index (χ4v) is 2.01. The molecule has 0 fully saturated rings. The van der Waals surface area contributed by atoms with Crippen molar-refractivity contribution in [2.24, 2.45) is 5.73 Å². The Bertz CT molecular complexity index is 485. The Balaban J connectivity index is 2.39. The quantitative estimate of drug-likeness (QED) is 0.788. The molecule has 5 heteroatoms. The predicted molar refractivity (Wildman–Crippen MR) is 62.7 cm³/mol. The zero-order valence-electron chi connectivity index (χ0n) is 9.51. The van der Waals surface area contributed by atoms with E-state index in [9.17, 15) is 9.59 Å². The average molecular weight is 234 g/mol. The minimum Gasteiger partial charge on any atom is -0.480 e. The molecule has 17 heavy (non-hydrogen) atoms. The molecule has 0 saturated heterocycles. The molecule has 0 aromatic heterocycles. The van der Waals surface area contributed by atoms with Gasteiger partial charge in [-0.3, -0.25) is 9.59 Å². The molecule has 1 aromatic carbocycles. The molecule has 1 unspecified atom stereocenters. The number of hydrogen-bond donors (Lipinski definition) is 2. The normalized spacial score (nSPS) is 16.6. The van der Waals surface area contributed by atoms with E-state index < -0.39 is 12.0 Å². The van der Waals surface area contributed by atoms with Gasteiger partial charge in [-0.15, -0.1) is 0 Å². The van der Waals surface area contributed by atoms with Crippen molar-refractivity contribution < 1.29 is 14.7 Å². The van der Waals surface area contributed by atoms with Crippen molar-refractivity contribution in [3.63, 3.8) is 0 Å². The largest absolute Gasteiger partial charge is 0.480 e. The molecular weight excluding hydrogens is 220 g/mol. The first-order chi connectivity index (χ1) is 8.00. The first-order valence-corrected chi connectivity index (χ1v) is 5.38. The third-order valence-corrected chi connectivity index (χ3v) is 3.07. The van der Waals surface area contributed by atoms with Gasteiger partial charge in [-0.25, -0.2) is 0 Å². The Labute approximate surface area is 98.8 Å². The van der Waals surface area contributed by atoms with Crippen LogP contribution in [0.2, 0.25) is 0 Å². The van der Waals surface area contributed by atoms with E-state index in [2.05, 4.69) is 0 Å². The highest BCUT2D eigenvalue weighted by molar-refractivity contribution is 5.96. The number of fused-ring (bicyclic) bond motifs is 1. The van der Waals surface area contributed by atoms with Gasteiger partial charge >= 0.3 is 5.97 Å². The van der Waals surface area contributed by atoms with Gasteiger partial charge in [0.05, 0.1) is 0 Å². The number of amides is 1. The maximum Gasteiger partial charge on any atom is 0.325 e. The van der Waals surface area contributed by atoms with Crippen LogP contribution in [-0.4, -0.2) is 24.0 Å². The van der Waals surface area contributed by atoms with Crippen molar-refractivity contribution in [1.29, 1.82) is 0 Å². The summed E-state index contributed by atoms with van der Waals surface area (Å²) in [5.74, 6) is -0.974. The van der Waals surface area contributed by atoms with E-state index in [1.54, 1.807) is 30.1 Å². The molecular formula is C12H14N2O3. The maximum absolute atomic E-state index is 11.5. The second-order valence-corrected chi connectivity index (χ2v) is 4.16. The standard InChI is InChI=1S/C12H14N2O3/c1-14-9-4-2-8(11(13)12(16)17)6-7(9)3-5-10(14)15/h2,4,6,11H,3,5,13H2,1H3,(H,16,17). The number of aryl methyl sites for hydroxylation is 1. The molecule has 1 amide bonds. The van der Waals surface area contributed by atoms with E-state index in [-0.39, 0.29) is 5.91 Å². The van der Waals surface area contributed by atoms with E-state index in [4.69, 9.17) is 10.8 Å². The summed E-state index contributed by atoms with van der Waals surface area (Å²) in [6.07, 6.45) is 1.09. The van der Waals surface area contributed by atoms with Crippen molar-refractivity contribution in [1.82, 2.24) is 0 Å². The molecule has 0 spiro atoms. The van der Waals surface area contributed by atoms with Gasteiger partial charge in [-0.1, -0.05) is 12.1 Å². The van der Waals surface area contributed by atoms with Gasteiger partial charge in [0.2, 0.25) is 5.91 Å². The van der Waals surface area contributed by atoms with Crippen LogP contribution in [0.4, 0.5) is 5.69 Å². The zero-order valence-corrected chi connectivity index (χ0v) is 9.51. The summed E-state index contributed by atoms with van der Waals surface area (Å²) in [5.41, 5.74) is 7.93. The van der Waals surface area contributed by atoms with Crippen LogP contribution < -0.4 is 10.6 Å². The van der Waals surface area contributed by atoms with Crippen molar-refractivity contribution in [3.05, 3.63) is 29.3 Å². The number of nitrogens with zero attached hydrogens (tertiary/aromatic N) is 1. The molecule has 0 bridgehead atoms. The van der Waals surface area contributed by atoms with E-state index >= 15 is 0 Å². The first-order valence-electron chi connectivity index (χ1n) is 5.38. The number of rotatable bonds is 2. The van der Waals surface area contributed by atoms with Crippen LogP contribution in [0.25, 0.3) is 0 Å². The van der Waals surface area contributed by atoms with Crippen molar-refractivity contribution in [2.45, 2.75) is 18.9 Å². The third kappa shape index (κ3) is 2.01. The smallest absolute Gasteiger partial charge is 0.325 e. The van der Waals surface area contributed by atoms with Gasteiger partial charge in [0.15, 0.2) is 0 Å². The van der Waals surface area contributed by atoms with Crippen LogP contribution in [-0.2, 0) is 16.0 Å². The topological polar surface area (TPSA) is 83.6 Å². The molecule has 2 rings (SSSR count). The summed E-state index contributed by atoms with van der Waals surface area (Å²) in [4.78, 5) is 23.9. The van der Waals surface area contributed by atoms with Crippen LogP contribution in [0.1, 0.15) is 23.6 Å². The van der Waals surface area contributed by atoms with Crippen LogP contribution >= 0.6 is 0 Å². The lowest BCUT2D eigenvalue weighted by Gasteiger charge is -2.26. The number of carboxylic acids is 1. The van der Waals surface area contributed by atoms with E-state index in [0.717, 1.165) is 11.3 Å². The van der Waals surface area contributed by atoms with Gasteiger partial charge in [-0.05, 0) is 23.6 Å². The number of carbonyl (C=O) groups excluding carboxylic acids is 1. The van der Waals surface area contributed by atoms with E-state index in [0.29, 0.717) is 18.4 Å². The van der Waals surface area contributed by atoms with Crippen LogP contribution in [0, 0.1) is 0 Å². The summed E-state index contributed by atoms with van der Waals surface area (Å²) in [6, 6.07) is 4.18. The number of anilines is 1. The highest BCUT2D eigenvalue weighted by Crippen LogP contribution is 2.28. The molecule has 5 nitrogen and oxygen atoms in total. The van der Waals surface area contributed by atoms with Crippen molar-refractivity contribution in [2.75, 3.05) is 11.9 Å². The summed E-state index contributed by atoms with van der Waals surface area (Å²) in [7, 11) is 1.72. The second kappa shape index (κ2) is 4.18. The van der Waals surface area contributed by atoms with Crippen molar-refractivity contribution >= 4 is 17.6 Å². The lowest BCUT2D eigenvalue weighted by Crippen LogP contribution is -2.31. The number of carboxylic acid groups (broad SMARTS) is 1. The lowest BCUT2D eigenvalue weighted by molar-refractivity contribution is -0.138. The minimum atomic E-state index is -1.05. The maximum atomic E-state index is 11.5. The lowest BCUT2D eigenvalue weighted by atomic mass is 9.96. The number of aliphatic carboxylic acids is 1. The summed E-state index contributed by atoms with van der Waals surface area (Å²) in [5, 5.41) is 8.84. The Kier molecular flexibility index (Phi) is 2.85. The van der Waals surface area contributed by atoms with Gasteiger partial charge in [0.1, 0.15) is 6.04 Å².